The SMILES string of the molecule is CCCCCCCCOCC(O)CNCCCCC(C)C. The maximum absolute atomic E-state index is 9.78. The number of nitrogens with one attached hydrogen (secondary N) is 1. The van der Waals surface area contributed by atoms with Gasteiger partial charge in [-0.3, -0.25) is 0 Å². The molecule has 0 spiro atoms. The number of hydrogen-bond donors (Lipinski definition) is 2. The van der Waals surface area contributed by atoms with E-state index in [1.807, 2.05) is 0 Å². The molecule has 0 aliphatic rings. The fourth-order valence-corrected chi connectivity index (χ4v) is 2.33. The van der Waals surface area contributed by atoms with E-state index >= 15 is 0 Å². The van der Waals surface area contributed by atoms with Crippen molar-refractivity contribution in [2.45, 2.75) is 84.7 Å². The highest BCUT2D eigenvalue weighted by atomic mass is 16.5. The van der Waals surface area contributed by atoms with Crippen molar-refractivity contribution < 1.29 is 9.84 Å². The van der Waals surface area contributed by atoms with Gasteiger partial charge in [-0.25, -0.2) is 0 Å². The van der Waals surface area contributed by atoms with Crippen LogP contribution < -0.4 is 5.32 Å². The Hall–Kier alpha value is -0.120. The largest absolute Gasteiger partial charge is 0.389 e. The van der Waals surface area contributed by atoms with Crippen LogP contribution in [0.15, 0.2) is 0 Å². The molecule has 1 atom stereocenters. The average Bonchev–Trinajstić information content (AvgIpc) is 2.45. The second kappa shape index (κ2) is 16.3. The van der Waals surface area contributed by atoms with E-state index in [1.165, 1.54) is 51.4 Å². The Morgan fingerprint density at radius 2 is 1.67 bits per heavy atom. The van der Waals surface area contributed by atoms with Gasteiger partial charge in [-0.1, -0.05) is 65.7 Å². The third-order valence-corrected chi connectivity index (χ3v) is 3.72. The molecule has 3 nitrogen and oxygen atoms in total. The van der Waals surface area contributed by atoms with Crippen LogP contribution in [0.25, 0.3) is 0 Å². The van der Waals surface area contributed by atoms with E-state index in [4.69, 9.17) is 4.74 Å². The maximum atomic E-state index is 9.78. The van der Waals surface area contributed by atoms with Gasteiger partial charge in [0.1, 0.15) is 0 Å². The highest BCUT2D eigenvalue weighted by molar-refractivity contribution is 4.59. The lowest BCUT2D eigenvalue weighted by Crippen LogP contribution is -2.31. The van der Waals surface area contributed by atoms with Crippen molar-refractivity contribution in [2.75, 3.05) is 26.3 Å². The topological polar surface area (TPSA) is 41.5 Å². The zero-order chi connectivity index (χ0) is 15.8. The van der Waals surface area contributed by atoms with E-state index < -0.39 is 0 Å². The van der Waals surface area contributed by atoms with Gasteiger partial charge >= 0.3 is 0 Å². The van der Waals surface area contributed by atoms with Crippen molar-refractivity contribution in [3.63, 3.8) is 0 Å². The van der Waals surface area contributed by atoms with Gasteiger partial charge < -0.3 is 15.2 Å². The molecule has 0 fully saturated rings. The highest BCUT2D eigenvalue weighted by Gasteiger charge is 2.03. The first-order valence-corrected chi connectivity index (χ1v) is 9.13. The summed E-state index contributed by atoms with van der Waals surface area (Å²) < 4.78 is 5.52. The standard InChI is InChI=1S/C18H39NO2/c1-4-5-6-7-8-11-14-21-16-18(20)15-19-13-10-9-12-17(2)3/h17-20H,4-16H2,1-3H3. The van der Waals surface area contributed by atoms with Crippen LogP contribution in [-0.4, -0.2) is 37.5 Å². The first-order valence-electron chi connectivity index (χ1n) is 9.13. The predicted octanol–water partition coefficient (Wildman–Crippen LogP) is 4.14. The van der Waals surface area contributed by atoms with Gasteiger partial charge in [-0.05, 0) is 25.3 Å². The first-order chi connectivity index (χ1) is 10.2. The molecule has 0 aromatic heterocycles. The number of hydrogen-bond acceptors (Lipinski definition) is 3. The maximum Gasteiger partial charge on any atom is 0.0897 e. The van der Waals surface area contributed by atoms with Crippen LogP contribution >= 0.6 is 0 Å². The monoisotopic (exact) mass is 301 g/mol. The summed E-state index contributed by atoms with van der Waals surface area (Å²) in [6, 6.07) is 0. The second-order valence-corrected chi connectivity index (χ2v) is 6.59. The Kier molecular flexibility index (Phi) is 16.2. The van der Waals surface area contributed by atoms with Crippen LogP contribution in [0.2, 0.25) is 0 Å². The summed E-state index contributed by atoms with van der Waals surface area (Å²) in [5.74, 6) is 0.797. The fraction of sp³-hybridized carbons (Fsp3) is 1.00. The van der Waals surface area contributed by atoms with Gasteiger partial charge in [-0.2, -0.15) is 0 Å². The van der Waals surface area contributed by atoms with E-state index in [2.05, 4.69) is 26.1 Å². The molecule has 0 aromatic carbocycles. The van der Waals surface area contributed by atoms with E-state index in [-0.39, 0.29) is 6.10 Å². The lowest BCUT2D eigenvalue weighted by molar-refractivity contribution is 0.0355. The van der Waals surface area contributed by atoms with Crippen molar-refractivity contribution in [3.05, 3.63) is 0 Å². The molecule has 0 bridgehead atoms. The minimum Gasteiger partial charge on any atom is -0.389 e. The smallest absolute Gasteiger partial charge is 0.0897 e. The first kappa shape index (κ1) is 20.9. The summed E-state index contributed by atoms with van der Waals surface area (Å²) in [7, 11) is 0. The van der Waals surface area contributed by atoms with Crippen LogP contribution in [0.1, 0.15) is 78.6 Å². The van der Waals surface area contributed by atoms with Gasteiger partial charge in [0, 0.05) is 13.2 Å². The average molecular weight is 302 g/mol. The normalized spacial score (nSPS) is 13.0. The van der Waals surface area contributed by atoms with E-state index in [0.29, 0.717) is 13.2 Å². The quantitative estimate of drug-likeness (QED) is 0.421. The minimum absolute atomic E-state index is 0.366. The molecule has 3 heteroatoms. The molecule has 0 heterocycles. The Morgan fingerprint density at radius 3 is 2.38 bits per heavy atom. The molecule has 0 amide bonds. The van der Waals surface area contributed by atoms with Gasteiger partial charge in [-0.15, -0.1) is 0 Å². The lowest BCUT2D eigenvalue weighted by Gasteiger charge is -2.12. The Bertz CT molecular complexity index is 198. The van der Waals surface area contributed by atoms with Crippen molar-refractivity contribution in [1.82, 2.24) is 5.32 Å². The molecule has 0 radical (unpaired) electrons. The summed E-state index contributed by atoms with van der Waals surface area (Å²) >= 11 is 0. The molecule has 0 aliphatic heterocycles. The number of ether oxygens (including phenoxy) is 1. The summed E-state index contributed by atoms with van der Waals surface area (Å²) in [5.41, 5.74) is 0. The number of aliphatic hydroxyl groups is 1. The fourth-order valence-electron chi connectivity index (χ4n) is 2.33. The van der Waals surface area contributed by atoms with Crippen molar-refractivity contribution in [1.29, 1.82) is 0 Å². The molecular formula is C18H39NO2. The van der Waals surface area contributed by atoms with E-state index in [9.17, 15) is 5.11 Å². The van der Waals surface area contributed by atoms with E-state index in [1.54, 1.807) is 0 Å². The Labute approximate surface area is 132 Å². The summed E-state index contributed by atoms with van der Waals surface area (Å²) in [6.07, 6.45) is 11.1. The summed E-state index contributed by atoms with van der Waals surface area (Å²) in [5, 5.41) is 13.1. The van der Waals surface area contributed by atoms with Crippen LogP contribution in [0.4, 0.5) is 0 Å². The highest BCUT2D eigenvalue weighted by Crippen LogP contribution is 2.05. The Balaban J connectivity index is 3.14. The molecule has 2 N–H and O–H groups in total. The van der Waals surface area contributed by atoms with Crippen LogP contribution in [0.5, 0.6) is 0 Å². The number of aliphatic hydroxyl groups excluding tert-OH is 1. The zero-order valence-electron chi connectivity index (χ0n) is 14.7. The third-order valence-electron chi connectivity index (χ3n) is 3.72. The van der Waals surface area contributed by atoms with Gasteiger partial charge in [0.25, 0.3) is 0 Å². The summed E-state index contributed by atoms with van der Waals surface area (Å²) in [6.45, 7) is 9.67. The third kappa shape index (κ3) is 17.8. The Morgan fingerprint density at radius 1 is 0.952 bits per heavy atom. The molecule has 128 valence electrons. The predicted molar refractivity (Wildman–Crippen MR) is 91.8 cm³/mol. The summed E-state index contributed by atoms with van der Waals surface area (Å²) in [4.78, 5) is 0. The number of unbranched alkanes of at least 4 members (excludes halogenated alkanes) is 6. The van der Waals surface area contributed by atoms with Gasteiger partial charge in [0.2, 0.25) is 0 Å². The van der Waals surface area contributed by atoms with Crippen LogP contribution in [0, 0.1) is 5.92 Å². The molecule has 0 aliphatic carbocycles. The van der Waals surface area contributed by atoms with Gasteiger partial charge in [0.15, 0.2) is 0 Å². The molecule has 21 heavy (non-hydrogen) atoms. The van der Waals surface area contributed by atoms with Crippen molar-refractivity contribution >= 4 is 0 Å². The molecule has 0 saturated carbocycles. The lowest BCUT2D eigenvalue weighted by atomic mass is 10.1. The van der Waals surface area contributed by atoms with Crippen LogP contribution in [0.3, 0.4) is 0 Å². The molecular weight excluding hydrogens is 262 g/mol. The second-order valence-electron chi connectivity index (χ2n) is 6.59. The van der Waals surface area contributed by atoms with Crippen molar-refractivity contribution in [2.24, 2.45) is 5.92 Å². The molecule has 0 rings (SSSR count). The minimum atomic E-state index is -0.366. The zero-order valence-corrected chi connectivity index (χ0v) is 14.7. The molecule has 0 saturated heterocycles. The molecule has 1 unspecified atom stereocenters. The molecule has 0 aromatic rings. The van der Waals surface area contributed by atoms with Crippen molar-refractivity contribution in [3.8, 4) is 0 Å². The van der Waals surface area contributed by atoms with E-state index in [0.717, 1.165) is 25.5 Å². The number of rotatable bonds is 16. The van der Waals surface area contributed by atoms with Crippen LogP contribution in [-0.2, 0) is 4.74 Å². The van der Waals surface area contributed by atoms with Gasteiger partial charge in [0.05, 0.1) is 12.7 Å².